The molecule has 0 aliphatic heterocycles. The van der Waals surface area contributed by atoms with Crippen molar-refractivity contribution in [1.29, 1.82) is 0 Å². The highest BCUT2D eigenvalue weighted by Gasteiger charge is 2.17. The number of rotatable bonds is 5. The molecule has 0 fully saturated rings. The molecule has 3 N–H and O–H groups in total. The Morgan fingerprint density at radius 3 is 2.20 bits per heavy atom. The van der Waals surface area contributed by atoms with Crippen LogP contribution >= 0.6 is 0 Å². The zero-order chi connectivity index (χ0) is 21.7. The molecule has 0 aliphatic carbocycles. The molecule has 3 aromatic rings. The van der Waals surface area contributed by atoms with Crippen LogP contribution < -0.4 is 15.6 Å². The molecule has 154 valence electrons. The van der Waals surface area contributed by atoms with Crippen LogP contribution in [0.1, 0.15) is 26.3 Å². The zero-order valence-corrected chi connectivity index (χ0v) is 16.7. The molecule has 7 nitrogen and oxygen atoms in total. The molecule has 0 bridgehead atoms. The van der Waals surface area contributed by atoms with Crippen LogP contribution in [0.4, 0.5) is 10.1 Å². The maximum absolute atomic E-state index is 13.0. The molecule has 0 saturated heterocycles. The molecule has 0 aromatic heterocycles. The number of carbonyl (C=O) groups is 2. The lowest BCUT2D eigenvalue weighted by molar-refractivity contribution is 0.0846. The number of hydrogen-bond donors (Lipinski definition) is 3. The number of anilines is 1. The SMILES string of the molecule is Cc1ccccc1C(=O)NNC(=O)c1cccc(S(=O)(=O)Nc2ccc(F)cc2)c1. The summed E-state index contributed by atoms with van der Waals surface area (Å²) in [5, 5.41) is 0. The summed E-state index contributed by atoms with van der Waals surface area (Å²) in [5.41, 5.74) is 5.91. The van der Waals surface area contributed by atoms with Gasteiger partial charge in [0.2, 0.25) is 0 Å². The number of halogens is 1. The molecule has 0 aliphatic rings. The Balaban J connectivity index is 1.71. The lowest BCUT2D eigenvalue weighted by atomic mass is 10.1. The lowest BCUT2D eigenvalue weighted by Crippen LogP contribution is -2.41. The summed E-state index contributed by atoms with van der Waals surface area (Å²) >= 11 is 0. The Hall–Kier alpha value is -3.72. The van der Waals surface area contributed by atoms with Gasteiger partial charge >= 0.3 is 0 Å². The van der Waals surface area contributed by atoms with Crippen LogP contribution in [0.3, 0.4) is 0 Å². The second-order valence-corrected chi connectivity index (χ2v) is 8.05. The second-order valence-electron chi connectivity index (χ2n) is 6.36. The van der Waals surface area contributed by atoms with Gasteiger partial charge in [0.05, 0.1) is 4.90 Å². The first-order valence-electron chi connectivity index (χ1n) is 8.81. The van der Waals surface area contributed by atoms with Gasteiger partial charge < -0.3 is 0 Å². The minimum absolute atomic E-state index is 0.0297. The minimum atomic E-state index is -4.00. The average molecular weight is 427 g/mol. The van der Waals surface area contributed by atoms with Gasteiger partial charge in [0.15, 0.2) is 0 Å². The number of nitrogens with one attached hydrogen (secondary N) is 3. The van der Waals surface area contributed by atoms with Gasteiger partial charge in [-0.15, -0.1) is 0 Å². The first-order chi connectivity index (χ1) is 14.3. The maximum atomic E-state index is 13.0. The summed E-state index contributed by atoms with van der Waals surface area (Å²) in [6, 6.07) is 17.0. The number of hydrazine groups is 1. The molecule has 0 saturated carbocycles. The van der Waals surface area contributed by atoms with Crippen LogP contribution in [0.5, 0.6) is 0 Å². The molecule has 0 unspecified atom stereocenters. The normalized spacial score (nSPS) is 10.9. The van der Waals surface area contributed by atoms with E-state index in [4.69, 9.17) is 0 Å². The molecular formula is C21H18FN3O4S. The maximum Gasteiger partial charge on any atom is 0.269 e. The van der Waals surface area contributed by atoms with Crippen LogP contribution in [-0.2, 0) is 10.0 Å². The predicted octanol–water partition coefficient (Wildman–Crippen LogP) is 3.01. The van der Waals surface area contributed by atoms with Crippen molar-refractivity contribution in [3.8, 4) is 0 Å². The summed E-state index contributed by atoms with van der Waals surface area (Å²) in [7, 11) is -4.00. The molecular weight excluding hydrogens is 409 g/mol. The third-order valence-electron chi connectivity index (χ3n) is 4.18. The summed E-state index contributed by atoms with van der Waals surface area (Å²) < 4.78 is 40.4. The summed E-state index contributed by atoms with van der Waals surface area (Å²) in [6.07, 6.45) is 0. The van der Waals surface area contributed by atoms with E-state index in [1.807, 2.05) is 0 Å². The fourth-order valence-electron chi connectivity index (χ4n) is 2.62. The van der Waals surface area contributed by atoms with Crippen LogP contribution in [0.15, 0.2) is 77.7 Å². The second kappa shape index (κ2) is 8.75. The van der Waals surface area contributed by atoms with Crippen molar-refractivity contribution in [2.75, 3.05) is 4.72 Å². The highest BCUT2D eigenvalue weighted by Crippen LogP contribution is 2.17. The molecule has 0 radical (unpaired) electrons. The van der Waals surface area contributed by atoms with Crippen molar-refractivity contribution in [2.24, 2.45) is 0 Å². The predicted molar refractivity (Wildman–Crippen MR) is 110 cm³/mol. The lowest BCUT2D eigenvalue weighted by Gasteiger charge is -2.11. The topological polar surface area (TPSA) is 104 Å². The van der Waals surface area contributed by atoms with Gasteiger partial charge in [-0.2, -0.15) is 0 Å². The Kier molecular flexibility index (Phi) is 6.12. The van der Waals surface area contributed by atoms with Crippen LogP contribution in [0, 0.1) is 12.7 Å². The van der Waals surface area contributed by atoms with E-state index in [1.54, 1.807) is 31.2 Å². The average Bonchev–Trinajstić information content (AvgIpc) is 2.73. The number of aryl methyl sites for hydroxylation is 1. The molecule has 0 heterocycles. The summed E-state index contributed by atoms with van der Waals surface area (Å²) in [5.74, 6) is -1.68. The standard InChI is InChI=1S/C21H18FN3O4S/c1-14-5-2-3-8-19(14)21(27)24-23-20(26)15-6-4-7-18(13-15)30(28,29)25-17-11-9-16(22)10-12-17/h2-13,25H,1H3,(H,23,26)(H,24,27). The number of hydrogen-bond acceptors (Lipinski definition) is 4. The van der Waals surface area contributed by atoms with Crippen molar-refractivity contribution in [3.63, 3.8) is 0 Å². The van der Waals surface area contributed by atoms with Crippen molar-refractivity contribution < 1.29 is 22.4 Å². The van der Waals surface area contributed by atoms with Crippen molar-refractivity contribution >= 4 is 27.5 Å². The number of benzene rings is 3. The monoisotopic (exact) mass is 427 g/mol. The van der Waals surface area contributed by atoms with Gasteiger partial charge in [-0.3, -0.25) is 25.2 Å². The Labute approximate surface area is 173 Å². The van der Waals surface area contributed by atoms with E-state index in [9.17, 15) is 22.4 Å². The first kappa shape index (κ1) is 21.0. The van der Waals surface area contributed by atoms with E-state index in [1.165, 1.54) is 36.4 Å². The molecule has 9 heteroatoms. The molecule has 0 atom stereocenters. The van der Waals surface area contributed by atoms with Gasteiger partial charge in [-0.25, -0.2) is 12.8 Å². The smallest absolute Gasteiger partial charge is 0.269 e. The molecule has 2 amide bonds. The van der Waals surface area contributed by atoms with E-state index in [0.29, 0.717) is 5.56 Å². The third kappa shape index (κ3) is 5.00. The van der Waals surface area contributed by atoms with Gasteiger partial charge in [0.25, 0.3) is 21.8 Å². The highest BCUT2D eigenvalue weighted by atomic mass is 32.2. The van der Waals surface area contributed by atoms with Crippen molar-refractivity contribution in [2.45, 2.75) is 11.8 Å². The summed E-state index contributed by atoms with van der Waals surface area (Å²) in [4.78, 5) is 24.4. The molecule has 3 rings (SSSR count). The Morgan fingerprint density at radius 2 is 1.50 bits per heavy atom. The van der Waals surface area contributed by atoms with Crippen molar-refractivity contribution in [1.82, 2.24) is 10.9 Å². The summed E-state index contributed by atoms with van der Waals surface area (Å²) in [6.45, 7) is 1.76. The van der Waals surface area contributed by atoms with Crippen LogP contribution in [0.25, 0.3) is 0 Å². The van der Waals surface area contributed by atoms with E-state index in [0.717, 1.165) is 17.7 Å². The molecule has 3 aromatic carbocycles. The van der Waals surface area contributed by atoms with E-state index < -0.39 is 27.7 Å². The number of sulfonamides is 1. The van der Waals surface area contributed by atoms with E-state index >= 15 is 0 Å². The van der Waals surface area contributed by atoms with Crippen molar-refractivity contribution in [3.05, 3.63) is 95.3 Å². The molecule has 30 heavy (non-hydrogen) atoms. The first-order valence-corrected chi connectivity index (χ1v) is 10.3. The Morgan fingerprint density at radius 1 is 0.833 bits per heavy atom. The number of carbonyl (C=O) groups excluding carboxylic acids is 2. The number of amides is 2. The Bertz CT molecular complexity index is 1190. The van der Waals surface area contributed by atoms with Gasteiger partial charge in [-0.1, -0.05) is 24.3 Å². The van der Waals surface area contributed by atoms with Gasteiger partial charge in [-0.05, 0) is 61.0 Å². The van der Waals surface area contributed by atoms with Crippen LogP contribution in [-0.4, -0.2) is 20.2 Å². The van der Waals surface area contributed by atoms with E-state index in [-0.39, 0.29) is 16.1 Å². The van der Waals surface area contributed by atoms with Crippen LogP contribution in [0.2, 0.25) is 0 Å². The highest BCUT2D eigenvalue weighted by molar-refractivity contribution is 7.92. The fourth-order valence-corrected chi connectivity index (χ4v) is 3.72. The zero-order valence-electron chi connectivity index (χ0n) is 15.8. The van der Waals surface area contributed by atoms with Gasteiger partial charge in [0, 0.05) is 16.8 Å². The van der Waals surface area contributed by atoms with Gasteiger partial charge in [0.1, 0.15) is 5.82 Å². The quantitative estimate of drug-likeness (QED) is 0.545. The van der Waals surface area contributed by atoms with E-state index in [2.05, 4.69) is 15.6 Å². The fraction of sp³-hybridized carbons (Fsp3) is 0.0476. The minimum Gasteiger partial charge on any atom is -0.280 e. The molecule has 0 spiro atoms. The largest absolute Gasteiger partial charge is 0.280 e. The third-order valence-corrected chi connectivity index (χ3v) is 5.56.